The van der Waals surface area contributed by atoms with Crippen molar-refractivity contribution in [2.75, 3.05) is 43.3 Å². The number of hydrogen-bond acceptors (Lipinski definition) is 4. The van der Waals surface area contributed by atoms with Crippen LogP contribution in [0.4, 0.5) is 5.69 Å². The molecule has 1 fully saturated rings. The Hall–Kier alpha value is -2.64. The number of carbonyl (C=O) groups is 1. The van der Waals surface area contributed by atoms with Crippen LogP contribution in [0.15, 0.2) is 54.6 Å². The summed E-state index contributed by atoms with van der Waals surface area (Å²) >= 11 is 0. The quantitative estimate of drug-likeness (QED) is 0.591. The van der Waals surface area contributed by atoms with Crippen molar-refractivity contribution in [1.29, 1.82) is 0 Å². The maximum atomic E-state index is 13.4. The summed E-state index contributed by atoms with van der Waals surface area (Å²) in [5.74, 6) is -0.124. The molecule has 7 heteroatoms. The van der Waals surface area contributed by atoms with Gasteiger partial charge >= 0.3 is 0 Å². The Bertz CT molecular complexity index is 1080. The summed E-state index contributed by atoms with van der Waals surface area (Å²) in [6, 6.07) is 15.0. The van der Waals surface area contributed by atoms with E-state index in [-0.39, 0.29) is 5.91 Å². The van der Waals surface area contributed by atoms with E-state index in [0.717, 1.165) is 30.8 Å². The van der Waals surface area contributed by atoms with Crippen molar-refractivity contribution < 1.29 is 13.2 Å². The maximum Gasteiger partial charge on any atom is 0.246 e. The van der Waals surface area contributed by atoms with Crippen molar-refractivity contribution in [2.45, 2.75) is 33.2 Å². The molecule has 6 nitrogen and oxygen atoms in total. The molecule has 1 amide bonds. The molecule has 2 aromatic carbocycles. The maximum absolute atomic E-state index is 13.4. The van der Waals surface area contributed by atoms with Crippen molar-refractivity contribution in [3.63, 3.8) is 0 Å². The van der Waals surface area contributed by atoms with Crippen LogP contribution in [0, 0.1) is 13.8 Å². The van der Waals surface area contributed by atoms with Crippen LogP contribution in [-0.4, -0.2) is 69.1 Å². The molecule has 1 aliphatic heterocycles. The van der Waals surface area contributed by atoms with Crippen LogP contribution in [0.3, 0.4) is 0 Å². The van der Waals surface area contributed by atoms with Crippen LogP contribution in [0.2, 0.25) is 0 Å². The third-order valence-corrected chi connectivity index (χ3v) is 7.39. The lowest BCUT2D eigenvalue weighted by molar-refractivity contribution is -0.134. The Morgan fingerprint density at radius 3 is 2.27 bits per heavy atom. The number of rotatable bonds is 8. The first-order chi connectivity index (χ1) is 15.7. The SMILES string of the molecule is CCC(C(=O)N1CCN(C/C=C/c2ccccc2)CC1)N(c1ccc(C)c(C)c1)S(C)(=O)=O. The smallest absolute Gasteiger partial charge is 0.246 e. The van der Waals surface area contributed by atoms with Crippen molar-refractivity contribution in [2.24, 2.45) is 0 Å². The highest BCUT2D eigenvalue weighted by Crippen LogP contribution is 2.26. The molecule has 1 aliphatic rings. The molecule has 0 spiro atoms. The fraction of sp³-hybridized carbons (Fsp3) is 0.423. The summed E-state index contributed by atoms with van der Waals surface area (Å²) in [7, 11) is -3.63. The highest BCUT2D eigenvalue weighted by molar-refractivity contribution is 7.92. The third kappa shape index (κ3) is 6.45. The lowest BCUT2D eigenvalue weighted by Gasteiger charge is -2.38. The molecule has 0 aliphatic carbocycles. The highest BCUT2D eigenvalue weighted by Gasteiger charge is 2.35. The van der Waals surface area contributed by atoms with Gasteiger partial charge in [-0.05, 0) is 49.1 Å². The molecule has 178 valence electrons. The summed E-state index contributed by atoms with van der Waals surface area (Å²) in [4.78, 5) is 17.6. The highest BCUT2D eigenvalue weighted by atomic mass is 32.2. The summed E-state index contributed by atoms with van der Waals surface area (Å²) in [6.07, 6.45) is 5.85. The van der Waals surface area contributed by atoms with Gasteiger partial charge < -0.3 is 4.90 Å². The molecule has 0 saturated carbocycles. The van der Waals surface area contributed by atoms with Gasteiger partial charge in [-0.25, -0.2) is 8.42 Å². The van der Waals surface area contributed by atoms with Crippen molar-refractivity contribution >= 4 is 27.7 Å². The van der Waals surface area contributed by atoms with Crippen LogP contribution >= 0.6 is 0 Å². The van der Waals surface area contributed by atoms with Gasteiger partial charge in [0.15, 0.2) is 0 Å². The minimum Gasteiger partial charge on any atom is -0.338 e. The minimum absolute atomic E-state index is 0.124. The summed E-state index contributed by atoms with van der Waals surface area (Å²) in [6.45, 7) is 9.36. The molecule has 0 bridgehead atoms. The topological polar surface area (TPSA) is 60.9 Å². The second-order valence-corrected chi connectivity index (χ2v) is 10.5. The van der Waals surface area contributed by atoms with E-state index in [1.165, 1.54) is 16.1 Å². The van der Waals surface area contributed by atoms with Crippen LogP contribution in [0.5, 0.6) is 0 Å². The summed E-state index contributed by atoms with van der Waals surface area (Å²) in [5, 5.41) is 0. The molecule has 2 aromatic rings. The van der Waals surface area contributed by atoms with E-state index in [9.17, 15) is 13.2 Å². The Labute approximate surface area is 198 Å². The number of hydrogen-bond donors (Lipinski definition) is 0. The van der Waals surface area contributed by atoms with Crippen molar-refractivity contribution in [3.8, 4) is 0 Å². The molecular weight excluding hydrogens is 434 g/mol. The minimum atomic E-state index is -3.63. The van der Waals surface area contributed by atoms with Crippen LogP contribution in [0.1, 0.15) is 30.0 Å². The molecule has 33 heavy (non-hydrogen) atoms. The largest absolute Gasteiger partial charge is 0.338 e. The Kier molecular flexibility index (Phi) is 8.32. The lowest BCUT2D eigenvalue weighted by Crippen LogP contribution is -2.56. The van der Waals surface area contributed by atoms with Gasteiger partial charge in [0.05, 0.1) is 11.9 Å². The van der Waals surface area contributed by atoms with Gasteiger partial charge in [0.25, 0.3) is 0 Å². The zero-order valence-corrected chi connectivity index (χ0v) is 20.9. The van der Waals surface area contributed by atoms with Gasteiger partial charge in [0.2, 0.25) is 15.9 Å². The first kappa shape index (κ1) is 25.0. The number of amides is 1. The predicted octanol–water partition coefficient (Wildman–Crippen LogP) is 3.71. The number of nitrogens with zero attached hydrogens (tertiary/aromatic N) is 3. The molecule has 1 heterocycles. The van der Waals surface area contributed by atoms with Gasteiger partial charge in [0, 0.05) is 32.7 Å². The number of sulfonamides is 1. The molecule has 1 atom stereocenters. The second kappa shape index (κ2) is 11.0. The Morgan fingerprint density at radius 1 is 1.03 bits per heavy atom. The van der Waals surface area contributed by atoms with E-state index in [2.05, 4.69) is 29.2 Å². The van der Waals surface area contributed by atoms with E-state index >= 15 is 0 Å². The van der Waals surface area contributed by atoms with E-state index in [0.29, 0.717) is 25.2 Å². The summed E-state index contributed by atoms with van der Waals surface area (Å²) in [5.41, 5.74) is 3.81. The molecule has 0 radical (unpaired) electrons. The molecule has 0 N–H and O–H groups in total. The predicted molar refractivity (Wildman–Crippen MR) is 136 cm³/mol. The Morgan fingerprint density at radius 2 is 1.70 bits per heavy atom. The van der Waals surface area contributed by atoms with Gasteiger partial charge in [-0.15, -0.1) is 0 Å². The van der Waals surface area contributed by atoms with E-state index < -0.39 is 16.1 Å². The zero-order chi connectivity index (χ0) is 24.0. The van der Waals surface area contributed by atoms with Crippen LogP contribution in [0.25, 0.3) is 6.08 Å². The number of benzene rings is 2. The standard InChI is InChI=1S/C26H35N3O3S/c1-5-25(29(33(4,31)32)24-14-13-21(2)22(3)20-24)26(30)28-18-16-27(17-19-28)15-9-12-23-10-7-6-8-11-23/h6-14,20,25H,5,15-19H2,1-4H3/b12-9+. The normalized spacial score (nSPS) is 16.2. The number of aryl methyl sites for hydroxylation is 2. The molecular formula is C26H35N3O3S. The molecule has 1 saturated heterocycles. The number of carbonyl (C=O) groups excluding carboxylic acids is 1. The molecule has 3 rings (SSSR count). The van der Waals surface area contributed by atoms with E-state index in [4.69, 9.17) is 0 Å². The zero-order valence-electron chi connectivity index (χ0n) is 20.1. The first-order valence-electron chi connectivity index (χ1n) is 11.5. The average molecular weight is 470 g/mol. The monoisotopic (exact) mass is 469 g/mol. The summed E-state index contributed by atoms with van der Waals surface area (Å²) < 4.78 is 26.8. The second-order valence-electron chi connectivity index (χ2n) is 8.69. The fourth-order valence-electron chi connectivity index (χ4n) is 4.17. The lowest BCUT2D eigenvalue weighted by atomic mass is 10.1. The molecule has 1 unspecified atom stereocenters. The van der Waals surface area contributed by atoms with Crippen molar-refractivity contribution in [1.82, 2.24) is 9.80 Å². The van der Waals surface area contributed by atoms with Crippen molar-refractivity contribution in [3.05, 3.63) is 71.3 Å². The molecule has 0 aromatic heterocycles. The van der Waals surface area contributed by atoms with Gasteiger partial charge in [-0.1, -0.05) is 55.5 Å². The third-order valence-electron chi connectivity index (χ3n) is 6.21. The van der Waals surface area contributed by atoms with Crippen LogP contribution < -0.4 is 4.31 Å². The number of piperazine rings is 1. The van der Waals surface area contributed by atoms with Crippen LogP contribution in [-0.2, 0) is 14.8 Å². The van der Waals surface area contributed by atoms with E-state index in [1.54, 1.807) is 6.07 Å². The first-order valence-corrected chi connectivity index (χ1v) is 13.3. The van der Waals surface area contributed by atoms with E-state index in [1.807, 2.05) is 56.0 Å². The fourth-order valence-corrected chi connectivity index (χ4v) is 5.37. The average Bonchev–Trinajstić information content (AvgIpc) is 2.79. The van der Waals surface area contributed by atoms with Gasteiger partial charge in [-0.3, -0.25) is 14.0 Å². The van der Waals surface area contributed by atoms with Gasteiger partial charge in [0.1, 0.15) is 6.04 Å². The van der Waals surface area contributed by atoms with Gasteiger partial charge in [-0.2, -0.15) is 0 Å². The Balaban J connectivity index is 1.67. The number of anilines is 1.